The number of fused-ring (bicyclic) bond motifs is 1. The van der Waals surface area contributed by atoms with E-state index in [0.29, 0.717) is 6.04 Å². The van der Waals surface area contributed by atoms with Gasteiger partial charge >= 0.3 is 0 Å². The molecule has 0 saturated heterocycles. The molecule has 0 spiro atoms. The Balaban J connectivity index is 1.74. The number of rotatable bonds is 3. The van der Waals surface area contributed by atoms with Gasteiger partial charge in [-0.1, -0.05) is 25.6 Å². The van der Waals surface area contributed by atoms with Crippen molar-refractivity contribution in [3.8, 4) is 0 Å². The summed E-state index contributed by atoms with van der Waals surface area (Å²) in [7, 11) is 0. The van der Waals surface area contributed by atoms with E-state index in [2.05, 4.69) is 48.6 Å². The summed E-state index contributed by atoms with van der Waals surface area (Å²) in [6.45, 7) is 4.77. The molecule has 1 aromatic carbocycles. The van der Waals surface area contributed by atoms with Crippen LogP contribution in [0.25, 0.3) is 10.2 Å². The van der Waals surface area contributed by atoms with Crippen LogP contribution in [0, 0.1) is 11.8 Å². The van der Waals surface area contributed by atoms with E-state index in [4.69, 9.17) is 0 Å². The highest BCUT2D eigenvalue weighted by Crippen LogP contribution is 2.33. The number of thioether (sulfide) groups is 1. The maximum Gasteiger partial charge on any atom is 0.150 e. The molecule has 0 aliphatic heterocycles. The average Bonchev–Trinajstić information content (AvgIpc) is 2.85. The van der Waals surface area contributed by atoms with E-state index < -0.39 is 0 Å². The highest BCUT2D eigenvalue weighted by atomic mass is 32.2. The molecule has 2 nitrogen and oxygen atoms in total. The smallest absolute Gasteiger partial charge is 0.150 e. The minimum atomic E-state index is 0.631. The van der Waals surface area contributed by atoms with Gasteiger partial charge in [-0.15, -0.1) is 11.3 Å². The van der Waals surface area contributed by atoms with E-state index >= 15 is 0 Å². The lowest BCUT2D eigenvalue weighted by Gasteiger charge is -2.33. The molecule has 2 aromatic rings. The maximum atomic E-state index is 4.59. The Bertz CT molecular complexity index is 593. The van der Waals surface area contributed by atoms with Gasteiger partial charge in [0.05, 0.1) is 10.2 Å². The Morgan fingerprint density at radius 3 is 2.85 bits per heavy atom. The molecule has 0 bridgehead atoms. The molecule has 3 rings (SSSR count). The number of nitrogens with zero attached hydrogens (tertiary/aromatic N) is 1. The van der Waals surface area contributed by atoms with Gasteiger partial charge in [0.15, 0.2) is 4.34 Å². The second-order valence-corrected chi connectivity index (χ2v) is 8.06. The number of thiazole rings is 1. The van der Waals surface area contributed by atoms with Gasteiger partial charge in [-0.25, -0.2) is 4.98 Å². The third-order valence-corrected chi connectivity index (χ3v) is 6.52. The third kappa shape index (κ3) is 2.96. The van der Waals surface area contributed by atoms with Crippen molar-refractivity contribution < 1.29 is 0 Å². The van der Waals surface area contributed by atoms with E-state index in [9.17, 15) is 0 Å². The van der Waals surface area contributed by atoms with E-state index in [1.165, 1.54) is 29.6 Å². The fourth-order valence-corrected chi connectivity index (χ4v) is 4.52. The second-order valence-electron chi connectivity index (χ2n) is 5.98. The third-order valence-electron chi connectivity index (χ3n) is 4.51. The standard InChI is InChI=1S/C16H22N2S2/c1-10-4-5-12(8-11(10)2)17-13-6-7-14-15(9-13)20-16(18-14)19-3/h6-7,9-12,17H,4-5,8H2,1-3H3. The van der Waals surface area contributed by atoms with Crippen molar-refractivity contribution in [2.24, 2.45) is 11.8 Å². The largest absolute Gasteiger partial charge is 0.382 e. The van der Waals surface area contributed by atoms with E-state index in [1.54, 1.807) is 23.1 Å². The van der Waals surface area contributed by atoms with Crippen molar-refractivity contribution in [2.75, 3.05) is 11.6 Å². The molecule has 3 atom stereocenters. The predicted octanol–water partition coefficient (Wildman–Crippen LogP) is 5.25. The lowest BCUT2D eigenvalue weighted by molar-refractivity contribution is 0.261. The van der Waals surface area contributed by atoms with Gasteiger partial charge in [0, 0.05) is 11.7 Å². The molecule has 1 N–H and O–H groups in total. The van der Waals surface area contributed by atoms with Gasteiger partial charge in [0.1, 0.15) is 0 Å². The molecule has 0 radical (unpaired) electrons. The Morgan fingerprint density at radius 2 is 2.10 bits per heavy atom. The predicted molar refractivity (Wildman–Crippen MR) is 91.0 cm³/mol. The van der Waals surface area contributed by atoms with Gasteiger partial charge in [-0.05, 0) is 55.6 Å². The zero-order valence-electron chi connectivity index (χ0n) is 12.3. The van der Waals surface area contributed by atoms with Crippen LogP contribution in [0.2, 0.25) is 0 Å². The van der Waals surface area contributed by atoms with Crippen molar-refractivity contribution in [1.82, 2.24) is 4.98 Å². The quantitative estimate of drug-likeness (QED) is 0.783. The molecule has 1 saturated carbocycles. The number of aromatic nitrogens is 1. The van der Waals surface area contributed by atoms with Gasteiger partial charge in [0.2, 0.25) is 0 Å². The number of hydrogen-bond donors (Lipinski definition) is 1. The number of anilines is 1. The van der Waals surface area contributed by atoms with E-state index in [-0.39, 0.29) is 0 Å². The Kier molecular flexibility index (Phi) is 4.22. The van der Waals surface area contributed by atoms with Crippen LogP contribution in [0.5, 0.6) is 0 Å². The Labute approximate surface area is 129 Å². The van der Waals surface area contributed by atoms with Gasteiger partial charge in [0.25, 0.3) is 0 Å². The minimum Gasteiger partial charge on any atom is -0.382 e. The first-order valence-electron chi connectivity index (χ1n) is 7.37. The molecule has 3 unspecified atom stereocenters. The summed E-state index contributed by atoms with van der Waals surface area (Å²) in [6.07, 6.45) is 6.01. The molecule has 1 aliphatic rings. The Hall–Kier alpha value is -0.740. The number of benzene rings is 1. The monoisotopic (exact) mass is 306 g/mol. The van der Waals surface area contributed by atoms with Crippen LogP contribution in [0.3, 0.4) is 0 Å². The van der Waals surface area contributed by atoms with Crippen LogP contribution in [-0.4, -0.2) is 17.3 Å². The van der Waals surface area contributed by atoms with Gasteiger partial charge in [-0.2, -0.15) is 0 Å². The van der Waals surface area contributed by atoms with Crippen molar-refractivity contribution in [1.29, 1.82) is 0 Å². The zero-order chi connectivity index (χ0) is 14.1. The second kappa shape index (κ2) is 5.94. The summed E-state index contributed by atoms with van der Waals surface area (Å²) >= 11 is 3.51. The first-order valence-corrected chi connectivity index (χ1v) is 9.41. The molecule has 1 heterocycles. The fraction of sp³-hybridized carbons (Fsp3) is 0.562. The van der Waals surface area contributed by atoms with Crippen molar-refractivity contribution in [2.45, 2.75) is 43.5 Å². The molecular weight excluding hydrogens is 284 g/mol. The minimum absolute atomic E-state index is 0.631. The van der Waals surface area contributed by atoms with Crippen LogP contribution in [0.15, 0.2) is 22.5 Å². The average molecular weight is 306 g/mol. The highest BCUT2D eigenvalue weighted by Gasteiger charge is 2.24. The van der Waals surface area contributed by atoms with Crippen LogP contribution < -0.4 is 5.32 Å². The van der Waals surface area contributed by atoms with Crippen LogP contribution in [0.1, 0.15) is 33.1 Å². The van der Waals surface area contributed by atoms with Crippen LogP contribution in [0.4, 0.5) is 5.69 Å². The molecule has 0 amide bonds. The number of nitrogens with one attached hydrogen (secondary N) is 1. The maximum absolute atomic E-state index is 4.59. The lowest BCUT2D eigenvalue weighted by atomic mass is 9.79. The molecule has 1 aliphatic carbocycles. The van der Waals surface area contributed by atoms with Crippen molar-refractivity contribution in [3.63, 3.8) is 0 Å². The molecule has 20 heavy (non-hydrogen) atoms. The highest BCUT2D eigenvalue weighted by molar-refractivity contribution is 8.00. The molecular formula is C16H22N2S2. The summed E-state index contributed by atoms with van der Waals surface area (Å²) < 4.78 is 2.44. The molecule has 108 valence electrons. The van der Waals surface area contributed by atoms with E-state index in [0.717, 1.165) is 21.7 Å². The Morgan fingerprint density at radius 1 is 1.25 bits per heavy atom. The first-order chi connectivity index (χ1) is 9.65. The van der Waals surface area contributed by atoms with Gasteiger partial charge in [-0.3, -0.25) is 0 Å². The van der Waals surface area contributed by atoms with Crippen molar-refractivity contribution in [3.05, 3.63) is 18.2 Å². The summed E-state index contributed by atoms with van der Waals surface area (Å²) in [5.74, 6) is 1.71. The molecule has 4 heteroatoms. The summed E-state index contributed by atoms with van der Waals surface area (Å²) in [5.41, 5.74) is 2.37. The van der Waals surface area contributed by atoms with Crippen molar-refractivity contribution >= 4 is 39.0 Å². The molecule has 1 aromatic heterocycles. The van der Waals surface area contributed by atoms with Crippen LogP contribution in [-0.2, 0) is 0 Å². The molecule has 1 fully saturated rings. The normalized spacial score (nSPS) is 26.9. The summed E-state index contributed by atoms with van der Waals surface area (Å²) in [4.78, 5) is 4.59. The SMILES string of the molecule is CSc1nc2ccc(NC3CCC(C)C(C)C3)cc2s1. The zero-order valence-corrected chi connectivity index (χ0v) is 14.0. The fourth-order valence-electron chi connectivity index (χ4n) is 2.99. The number of hydrogen-bond acceptors (Lipinski definition) is 4. The van der Waals surface area contributed by atoms with Crippen LogP contribution >= 0.6 is 23.1 Å². The topological polar surface area (TPSA) is 24.9 Å². The lowest BCUT2D eigenvalue weighted by Crippen LogP contribution is -2.30. The van der Waals surface area contributed by atoms with E-state index in [1.807, 2.05) is 0 Å². The summed E-state index contributed by atoms with van der Waals surface area (Å²) in [5, 5.41) is 3.72. The summed E-state index contributed by atoms with van der Waals surface area (Å²) in [6, 6.07) is 7.21. The van der Waals surface area contributed by atoms with Gasteiger partial charge < -0.3 is 5.32 Å². The first kappa shape index (κ1) is 14.2.